The van der Waals surface area contributed by atoms with Crippen LogP contribution >= 0.6 is 0 Å². The highest BCUT2D eigenvalue weighted by Crippen LogP contribution is 2.00. The smallest absolute Gasteiger partial charge is 0.252 e. The Morgan fingerprint density at radius 1 is 1.40 bits per heavy atom. The van der Waals surface area contributed by atoms with Crippen molar-refractivity contribution in [1.29, 1.82) is 0 Å². The number of hydrogen-bond donors (Lipinski definition) is 2. The van der Waals surface area contributed by atoms with Crippen molar-refractivity contribution in [3.05, 3.63) is 29.6 Å². The van der Waals surface area contributed by atoms with Crippen LogP contribution in [0.2, 0.25) is 0 Å². The summed E-state index contributed by atoms with van der Waals surface area (Å²) in [5, 5.41) is 5.87. The van der Waals surface area contributed by atoms with Crippen molar-refractivity contribution in [3.8, 4) is 0 Å². The molecule has 1 aromatic rings. The Hall–Kier alpha value is -1.42. The zero-order valence-corrected chi connectivity index (χ0v) is 9.21. The molecule has 0 bridgehead atoms. The molecule has 1 heterocycles. The second kappa shape index (κ2) is 6.14. The van der Waals surface area contributed by atoms with Crippen LogP contribution < -0.4 is 10.6 Å². The summed E-state index contributed by atoms with van der Waals surface area (Å²) >= 11 is 0. The van der Waals surface area contributed by atoms with Crippen LogP contribution in [-0.2, 0) is 0 Å². The Labute approximate surface area is 90.1 Å². The molecule has 15 heavy (non-hydrogen) atoms. The first-order chi connectivity index (χ1) is 7.24. The van der Waals surface area contributed by atoms with Crippen molar-refractivity contribution in [3.63, 3.8) is 0 Å². The van der Waals surface area contributed by atoms with Crippen LogP contribution in [0, 0.1) is 6.92 Å². The summed E-state index contributed by atoms with van der Waals surface area (Å²) in [6.45, 7) is 3.52. The molecule has 0 aliphatic heterocycles. The first-order valence-corrected chi connectivity index (χ1v) is 5.08. The average molecular weight is 207 g/mol. The lowest BCUT2D eigenvalue weighted by Crippen LogP contribution is -2.26. The minimum absolute atomic E-state index is 0.0534. The van der Waals surface area contributed by atoms with Gasteiger partial charge in [0.2, 0.25) is 0 Å². The third kappa shape index (κ3) is 4.08. The Morgan fingerprint density at radius 2 is 2.20 bits per heavy atom. The third-order valence-electron chi connectivity index (χ3n) is 2.03. The molecule has 4 nitrogen and oxygen atoms in total. The van der Waals surface area contributed by atoms with E-state index in [1.165, 1.54) is 0 Å². The van der Waals surface area contributed by atoms with Crippen molar-refractivity contribution in [2.24, 2.45) is 0 Å². The van der Waals surface area contributed by atoms with Crippen LogP contribution in [0.4, 0.5) is 0 Å². The number of hydrogen-bond acceptors (Lipinski definition) is 3. The largest absolute Gasteiger partial charge is 0.352 e. The summed E-state index contributed by atoms with van der Waals surface area (Å²) in [4.78, 5) is 15.6. The fourth-order valence-electron chi connectivity index (χ4n) is 1.25. The molecule has 4 heteroatoms. The number of aromatic nitrogens is 1. The summed E-state index contributed by atoms with van der Waals surface area (Å²) in [7, 11) is 1.90. The lowest BCUT2D eigenvalue weighted by atomic mass is 10.2. The van der Waals surface area contributed by atoms with Crippen LogP contribution in [0.15, 0.2) is 18.5 Å². The van der Waals surface area contributed by atoms with Crippen LogP contribution in [0.5, 0.6) is 0 Å². The van der Waals surface area contributed by atoms with Gasteiger partial charge in [-0.1, -0.05) is 0 Å². The first kappa shape index (κ1) is 11.7. The number of carbonyl (C=O) groups is 1. The van der Waals surface area contributed by atoms with E-state index >= 15 is 0 Å². The minimum atomic E-state index is -0.0534. The maximum atomic E-state index is 11.6. The zero-order valence-electron chi connectivity index (χ0n) is 9.21. The number of aryl methyl sites for hydroxylation is 1. The highest BCUT2D eigenvalue weighted by atomic mass is 16.1. The van der Waals surface area contributed by atoms with E-state index in [4.69, 9.17) is 0 Å². The highest BCUT2D eigenvalue weighted by Gasteiger charge is 2.04. The molecule has 0 spiro atoms. The Bertz CT molecular complexity index is 325. The molecule has 0 unspecified atom stereocenters. The maximum absolute atomic E-state index is 11.6. The SMILES string of the molecule is CNCCCNC(=O)c1cncc(C)c1. The maximum Gasteiger partial charge on any atom is 0.252 e. The van der Waals surface area contributed by atoms with E-state index in [9.17, 15) is 4.79 Å². The number of nitrogens with one attached hydrogen (secondary N) is 2. The van der Waals surface area contributed by atoms with Gasteiger partial charge in [0, 0.05) is 18.9 Å². The van der Waals surface area contributed by atoms with Gasteiger partial charge in [-0.25, -0.2) is 0 Å². The normalized spacial score (nSPS) is 10.0. The average Bonchev–Trinajstić information content (AvgIpc) is 2.24. The van der Waals surface area contributed by atoms with Crippen LogP contribution in [0.3, 0.4) is 0 Å². The van der Waals surface area contributed by atoms with Crippen LogP contribution in [-0.4, -0.2) is 31.0 Å². The molecule has 82 valence electrons. The van der Waals surface area contributed by atoms with Gasteiger partial charge in [0.15, 0.2) is 0 Å². The molecular weight excluding hydrogens is 190 g/mol. The monoisotopic (exact) mass is 207 g/mol. The molecule has 0 saturated heterocycles. The quantitative estimate of drug-likeness (QED) is 0.700. The molecule has 0 aliphatic carbocycles. The summed E-state index contributed by atoms with van der Waals surface area (Å²) in [6, 6.07) is 1.83. The second-order valence-electron chi connectivity index (χ2n) is 3.46. The molecule has 0 radical (unpaired) electrons. The molecule has 2 N–H and O–H groups in total. The van der Waals surface area contributed by atoms with Gasteiger partial charge >= 0.3 is 0 Å². The molecular formula is C11H17N3O. The predicted octanol–water partition coefficient (Wildman–Crippen LogP) is 0.729. The van der Waals surface area contributed by atoms with E-state index in [0.29, 0.717) is 12.1 Å². The minimum Gasteiger partial charge on any atom is -0.352 e. The lowest BCUT2D eigenvalue weighted by molar-refractivity contribution is 0.0953. The number of nitrogens with zero attached hydrogens (tertiary/aromatic N) is 1. The summed E-state index contributed by atoms with van der Waals surface area (Å²) < 4.78 is 0. The molecule has 1 rings (SSSR count). The van der Waals surface area contributed by atoms with Gasteiger partial charge in [0.25, 0.3) is 5.91 Å². The topological polar surface area (TPSA) is 54.0 Å². The van der Waals surface area contributed by atoms with Gasteiger partial charge in [0.1, 0.15) is 0 Å². The molecule has 0 fully saturated rings. The Kier molecular flexibility index (Phi) is 4.77. The van der Waals surface area contributed by atoms with Gasteiger partial charge in [-0.05, 0) is 38.6 Å². The molecule has 0 aromatic carbocycles. The number of carbonyl (C=O) groups excluding carboxylic acids is 1. The summed E-state index contributed by atoms with van der Waals surface area (Å²) in [5.74, 6) is -0.0534. The summed E-state index contributed by atoms with van der Waals surface area (Å²) in [5.41, 5.74) is 1.62. The zero-order chi connectivity index (χ0) is 11.1. The van der Waals surface area contributed by atoms with Crippen LogP contribution in [0.1, 0.15) is 22.3 Å². The van der Waals surface area contributed by atoms with Crippen molar-refractivity contribution in [2.45, 2.75) is 13.3 Å². The fraction of sp³-hybridized carbons (Fsp3) is 0.455. The van der Waals surface area contributed by atoms with Gasteiger partial charge in [-0.3, -0.25) is 9.78 Å². The van der Waals surface area contributed by atoms with E-state index in [1.807, 2.05) is 20.0 Å². The molecule has 1 aromatic heterocycles. The number of amides is 1. The number of rotatable bonds is 5. The number of pyridine rings is 1. The van der Waals surface area contributed by atoms with Gasteiger partial charge < -0.3 is 10.6 Å². The van der Waals surface area contributed by atoms with Gasteiger partial charge in [0.05, 0.1) is 5.56 Å². The summed E-state index contributed by atoms with van der Waals surface area (Å²) in [6.07, 6.45) is 4.25. The van der Waals surface area contributed by atoms with Crippen LogP contribution in [0.25, 0.3) is 0 Å². The van der Waals surface area contributed by atoms with Gasteiger partial charge in [-0.15, -0.1) is 0 Å². The Morgan fingerprint density at radius 3 is 2.87 bits per heavy atom. The van der Waals surface area contributed by atoms with Gasteiger partial charge in [-0.2, -0.15) is 0 Å². The molecule has 0 aliphatic rings. The third-order valence-corrected chi connectivity index (χ3v) is 2.03. The van der Waals surface area contributed by atoms with E-state index in [1.54, 1.807) is 12.4 Å². The fourth-order valence-corrected chi connectivity index (χ4v) is 1.25. The second-order valence-corrected chi connectivity index (χ2v) is 3.46. The lowest BCUT2D eigenvalue weighted by Gasteiger charge is -2.04. The van der Waals surface area contributed by atoms with Crippen molar-refractivity contribution in [1.82, 2.24) is 15.6 Å². The molecule has 0 atom stereocenters. The standard InChI is InChI=1S/C11H17N3O/c1-9-6-10(8-13-7-9)11(15)14-5-3-4-12-2/h6-8,12H,3-5H2,1-2H3,(H,14,15). The van der Waals surface area contributed by atoms with Crippen molar-refractivity contribution in [2.75, 3.05) is 20.1 Å². The van der Waals surface area contributed by atoms with E-state index in [2.05, 4.69) is 15.6 Å². The molecule has 1 amide bonds. The van der Waals surface area contributed by atoms with Crippen molar-refractivity contribution < 1.29 is 4.79 Å². The highest BCUT2D eigenvalue weighted by molar-refractivity contribution is 5.93. The van der Waals surface area contributed by atoms with Crippen molar-refractivity contribution >= 4 is 5.91 Å². The predicted molar refractivity (Wildman–Crippen MR) is 59.9 cm³/mol. The van der Waals surface area contributed by atoms with E-state index < -0.39 is 0 Å². The van der Waals surface area contributed by atoms with E-state index in [-0.39, 0.29) is 5.91 Å². The van der Waals surface area contributed by atoms with E-state index in [0.717, 1.165) is 18.5 Å². The Balaban J connectivity index is 2.40. The molecule has 0 saturated carbocycles. The first-order valence-electron chi connectivity index (χ1n) is 5.08.